The van der Waals surface area contributed by atoms with Gasteiger partial charge in [0, 0.05) is 71.2 Å². The highest BCUT2D eigenvalue weighted by atomic mass is 19.1. The number of esters is 3. The van der Waals surface area contributed by atoms with Crippen molar-refractivity contribution >= 4 is 54.4 Å². The molecule has 6 aliphatic carbocycles. The van der Waals surface area contributed by atoms with Crippen molar-refractivity contribution in [3.05, 3.63) is 181 Å². The number of hydrogen-bond donors (Lipinski definition) is 3. The van der Waals surface area contributed by atoms with Gasteiger partial charge in [0.25, 0.3) is 0 Å². The van der Waals surface area contributed by atoms with Gasteiger partial charge in [0.05, 0.1) is 54.7 Å². The number of nitrogens with one attached hydrogen (secondary N) is 3. The van der Waals surface area contributed by atoms with Gasteiger partial charge in [-0.25, -0.2) is 27.6 Å². The Hall–Kier alpha value is -9.66. The Kier molecular flexibility index (Phi) is 24.6. The predicted molar refractivity (Wildman–Crippen MR) is 402 cm³/mol. The van der Waals surface area contributed by atoms with Crippen LogP contribution >= 0.6 is 0 Å². The number of cyclic esters (lactones) is 3. The predicted octanol–water partition coefficient (Wildman–Crippen LogP) is 16.9. The lowest BCUT2D eigenvalue weighted by Crippen LogP contribution is -2.48. The molecule has 3 aromatic carbocycles. The van der Waals surface area contributed by atoms with Crippen molar-refractivity contribution in [1.29, 1.82) is 0 Å². The Labute approximate surface area is 630 Å². The number of alkyl carbamates (subject to hydrolysis) is 3. The molecule has 9 fully saturated rings. The number of aromatic nitrogens is 3. The minimum atomic E-state index is -0.368. The van der Waals surface area contributed by atoms with Crippen LogP contribution in [0.4, 0.5) is 27.6 Å². The Bertz CT molecular complexity index is 3830. The van der Waals surface area contributed by atoms with Crippen LogP contribution < -0.4 is 16.0 Å². The number of allylic oxidation sites excluding steroid dienone is 3. The molecule has 3 amide bonds. The van der Waals surface area contributed by atoms with Crippen molar-refractivity contribution in [2.45, 2.75) is 155 Å². The van der Waals surface area contributed by atoms with Crippen LogP contribution in [0.2, 0.25) is 0 Å². The Morgan fingerprint density at radius 2 is 0.694 bits per heavy atom. The molecule has 18 nitrogen and oxygen atoms in total. The average molecular weight is 1480 g/mol. The first-order chi connectivity index (χ1) is 52.3. The molecule has 3 aliphatic heterocycles. The van der Waals surface area contributed by atoms with Gasteiger partial charge < -0.3 is 44.4 Å². The van der Waals surface area contributed by atoms with Crippen LogP contribution in [0.5, 0.6) is 0 Å². The summed E-state index contributed by atoms with van der Waals surface area (Å²) in [4.78, 5) is 87.7. The molecule has 15 rings (SSSR count). The molecule has 21 heteroatoms. The van der Waals surface area contributed by atoms with Crippen LogP contribution in [0, 0.1) is 106 Å². The highest BCUT2D eigenvalue weighted by molar-refractivity contribution is 5.78. The molecular weight excluding hydrogens is 1380 g/mol. The smallest absolute Gasteiger partial charge is 0.407 e. The second kappa shape index (κ2) is 34.7. The standard InChI is InChI=1S/3C29H33FN2O4/c3*1-3-35-29(34)32-23-10-11-24-20(14-23)15-26-27(17(2)36-28(26)33)25(24)12-9-22-8-7-19(16-31-22)18-5-4-6-21(30)13-18/h3*4-9,12-13,16-17,20,23-27H,3,10-11,14-15H2,1-2H3,(H,32,34)/b3*12-9+/t17-,20+,23+,24-,25+,26-,27-;17-,20+,23+,24-,25-,26+,27+;17-,20-,23-,24+,25-,26+,27-/m001/s1. The fourth-order valence-corrected chi connectivity index (χ4v) is 19.9. The summed E-state index contributed by atoms with van der Waals surface area (Å²) in [7, 11) is 0. The van der Waals surface area contributed by atoms with Gasteiger partial charge in [-0.1, -0.05) is 72.8 Å². The number of halogens is 3. The van der Waals surface area contributed by atoms with Gasteiger partial charge in [0.1, 0.15) is 35.8 Å². The zero-order valence-corrected chi connectivity index (χ0v) is 62.2. The third-order valence-electron chi connectivity index (χ3n) is 24.5. The number of ether oxygens (including phenoxy) is 6. The van der Waals surface area contributed by atoms with E-state index in [1.165, 1.54) is 36.4 Å². The zero-order valence-electron chi connectivity index (χ0n) is 62.2. The number of fused-ring (bicyclic) bond motifs is 6. The Balaban J connectivity index is 0.000000143. The van der Waals surface area contributed by atoms with E-state index in [0.717, 1.165) is 128 Å². The quantitative estimate of drug-likeness (QED) is 0.0641. The average Bonchev–Trinajstić information content (AvgIpc) is 1.54. The molecule has 0 spiro atoms. The SMILES string of the molecule is CCOC(=O)N[C@@H]1CC[C@H]2[C@H](C1)C[C@@H]1C(=O)O[C@@H](C)[C@H]1[C@@H]2/C=C/c1ccc(-c2cccc(F)c2)cn1.CCOC(=O)N[C@@H]1CC[C@H]2[C@H](C1)C[C@@H]1C(=O)O[C@H](C)[C@@H]1[C@@H]2/C=C/c1ccc(-c2cccc(F)c2)cn1.CCOC(=O)N[C@@H]1CC[C@H]2[C@H](C1)C[C@H]1C(=O)O[C@@H](C)[C@@H]1[C@H]2/C=C/c1ccc(-c2cccc(F)c2)cn1. The summed E-state index contributed by atoms with van der Waals surface area (Å²) in [6, 6.07) is 31.3. The molecule has 9 aliphatic rings. The normalized spacial score (nSPS) is 31.4. The van der Waals surface area contributed by atoms with Crippen molar-refractivity contribution in [2.75, 3.05) is 19.8 Å². The highest BCUT2D eigenvalue weighted by Crippen LogP contribution is 2.57. The van der Waals surface area contributed by atoms with Crippen molar-refractivity contribution in [1.82, 2.24) is 30.9 Å². The molecule has 0 radical (unpaired) electrons. The van der Waals surface area contributed by atoms with Crippen LogP contribution in [-0.4, -0.2) is 107 Å². The van der Waals surface area contributed by atoms with Crippen LogP contribution in [0.1, 0.15) is 136 Å². The molecule has 3 aromatic heterocycles. The number of carbonyl (C=O) groups is 6. The molecular formula is C87H99F3N6O12. The van der Waals surface area contributed by atoms with E-state index < -0.39 is 0 Å². The molecule has 108 heavy (non-hydrogen) atoms. The summed E-state index contributed by atoms with van der Waals surface area (Å²) < 4.78 is 73.0. The van der Waals surface area contributed by atoms with Crippen LogP contribution in [-0.2, 0) is 42.8 Å². The van der Waals surface area contributed by atoms with Gasteiger partial charge in [0.2, 0.25) is 0 Å². The molecule has 6 heterocycles. The maximum absolute atomic E-state index is 13.6. The van der Waals surface area contributed by atoms with Crippen molar-refractivity contribution < 1.29 is 70.4 Å². The van der Waals surface area contributed by atoms with E-state index in [1.807, 2.05) is 93.6 Å². The van der Waals surface area contributed by atoms with E-state index in [0.29, 0.717) is 55.3 Å². The molecule has 6 aromatic rings. The summed E-state index contributed by atoms with van der Waals surface area (Å²) in [5.41, 5.74) is 7.43. The molecule has 0 bridgehead atoms. The third-order valence-corrected chi connectivity index (χ3v) is 24.5. The third kappa shape index (κ3) is 17.9. The maximum atomic E-state index is 13.6. The first kappa shape index (κ1) is 76.5. The number of nitrogens with zero attached hydrogens (tertiary/aromatic N) is 3. The Morgan fingerprint density at radius 1 is 0.407 bits per heavy atom. The highest BCUT2D eigenvalue weighted by Gasteiger charge is 2.58. The lowest BCUT2D eigenvalue weighted by atomic mass is 9.57. The van der Waals surface area contributed by atoms with Crippen molar-refractivity contribution in [3.8, 4) is 33.4 Å². The number of amides is 3. The molecule has 3 saturated heterocycles. The summed E-state index contributed by atoms with van der Waals surface area (Å²) >= 11 is 0. The van der Waals surface area contributed by atoms with Crippen molar-refractivity contribution in [3.63, 3.8) is 0 Å². The van der Waals surface area contributed by atoms with Crippen LogP contribution in [0.15, 0.2) is 146 Å². The second-order valence-electron chi connectivity index (χ2n) is 30.8. The largest absolute Gasteiger partial charge is 0.462 e. The van der Waals surface area contributed by atoms with Crippen LogP contribution in [0.3, 0.4) is 0 Å². The fraction of sp³-hybridized carbons (Fsp3) is 0.483. The summed E-state index contributed by atoms with van der Waals surface area (Å²) in [6.45, 7) is 12.5. The van der Waals surface area contributed by atoms with Gasteiger partial charge in [-0.15, -0.1) is 0 Å². The van der Waals surface area contributed by atoms with Gasteiger partial charge in [-0.3, -0.25) is 29.3 Å². The first-order valence-electron chi connectivity index (χ1n) is 38.9. The Morgan fingerprint density at radius 3 is 0.944 bits per heavy atom. The number of carbonyl (C=O) groups excluding carboxylic acids is 6. The number of pyridine rings is 3. The first-order valence-corrected chi connectivity index (χ1v) is 38.9. The van der Waals surface area contributed by atoms with Crippen molar-refractivity contribution in [2.24, 2.45) is 88.8 Å². The minimum absolute atomic E-state index is 0.0679. The topological polar surface area (TPSA) is 233 Å². The monoisotopic (exact) mass is 1480 g/mol. The number of rotatable bonds is 15. The van der Waals surface area contributed by atoms with E-state index in [2.05, 4.69) is 49.1 Å². The second-order valence-corrected chi connectivity index (χ2v) is 30.8. The fourth-order valence-electron chi connectivity index (χ4n) is 19.9. The van der Waals surface area contributed by atoms with Gasteiger partial charge >= 0.3 is 36.2 Å². The molecule has 3 N–H and O–H groups in total. The maximum Gasteiger partial charge on any atom is 0.407 e. The van der Waals surface area contributed by atoms with E-state index in [1.54, 1.807) is 57.6 Å². The molecule has 570 valence electrons. The van der Waals surface area contributed by atoms with Gasteiger partial charge in [0.15, 0.2) is 0 Å². The van der Waals surface area contributed by atoms with Crippen LogP contribution in [0.25, 0.3) is 51.6 Å². The zero-order chi connectivity index (χ0) is 75.7. The minimum Gasteiger partial charge on any atom is -0.462 e. The number of hydrogen-bond acceptors (Lipinski definition) is 15. The summed E-state index contributed by atoms with van der Waals surface area (Å²) in [5, 5.41) is 9.00. The molecule has 6 saturated carbocycles. The van der Waals surface area contributed by atoms with E-state index in [-0.39, 0.29) is 143 Å². The van der Waals surface area contributed by atoms with Gasteiger partial charge in [-0.05, 0) is 261 Å². The molecule has 0 unspecified atom stereocenters. The summed E-state index contributed by atoms with van der Waals surface area (Å²) in [6.07, 6.45) is 27.2. The lowest BCUT2D eigenvalue weighted by Gasteiger charge is -2.47. The van der Waals surface area contributed by atoms with E-state index >= 15 is 0 Å². The van der Waals surface area contributed by atoms with E-state index in [9.17, 15) is 41.9 Å². The lowest BCUT2D eigenvalue weighted by molar-refractivity contribution is -0.145. The number of benzene rings is 3. The van der Waals surface area contributed by atoms with E-state index in [4.69, 9.17) is 28.4 Å². The molecule has 21 atom stereocenters. The summed E-state index contributed by atoms with van der Waals surface area (Å²) in [5.74, 6) is 1.89. The van der Waals surface area contributed by atoms with Gasteiger partial charge in [-0.2, -0.15) is 0 Å².